The van der Waals surface area contributed by atoms with Gasteiger partial charge in [-0.15, -0.1) is 0 Å². The van der Waals surface area contributed by atoms with Gasteiger partial charge >= 0.3 is 0 Å². The van der Waals surface area contributed by atoms with Gasteiger partial charge in [-0.25, -0.2) is 19.9 Å². The Balaban J connectivity index is 0.000000101. The second kappa shape index (κ2) is 27.5. The Hall–Kier alpha value is -17.5. The Morgan fingerprint density at radius 1 is 0.213 bits per heavy atom. The zero-order valence-corrected chi connectivity index (χ0v) is 67.5. The molecule has 14 nitrogen and oxygen atoms in total. The summed E-state index contributed by atoms with van der Waals surface area (Å²) in [5.74, 6) is 2.13. The minimum Gasteiger partial charge on any atom is -0.455 e. The summed E-state index contributed by atoms with van der Waals surface area (Å²) in [4.78, 5) is 25.0. The van der Waals surface area contributed by atoms with Crippen molar-refractivity contribution >= 4 is 208 Å². The fourth-order valence-electron chi connectivity index (χ4n) is 19.9. The minimum atomic E-state index is 0.661. The monoisotopic (exact) mass is 1630 g/mol. The molecule has 0 atom stereocenters. The van der Waals surface area contributed by atoms with E-state index in [4.69, 9.17) is 46.4 Å². The first-order valence-corrected chi connectivity index (χ1v) is 42.4. The van der Waals surface area contributed by atoms with Crippen LogP contribution < -0.4 is 0 Å². The molecule has 0 radical (unpaired) electrons. The summed E-state index contributed by atoms with van der Waals surface area (Å²) in [5, 5.41) is 20.4. The molecule has 0 amide bonds. The van der Waals surface area contributed by atoms with Crippen LogP contribution >= 0.6 is 0 Å². The van der Waals surface area contributed by atoms with Gasteiger partial charge in [0.15, 0.2) is 28.4 Å². The maximum Gasteiger partial charge on any atom is 0.163 e. The van der Waals surface area contributed by atoms with Crippen molar-refractivity contribution < 1.29 is 26.5 Å². The number of furan rings is 6. The third kappa shape index (κ3) is 10.5. The van der Waals surface area contributed by atoms with Crippen molar-refractivity contribution in [1.29, 1.82) is 0 Å². The Morgan fingerprint density at radius 2 is 0.551 bits per heavy atom. The highest BCUT2D eigenvalue weighted by molar-refractivity contribution is 6.41. The van der Waals surface area contributed by atoms with Crippen molar-refractivity contribution in [3.8, 4) is 62.5 Å². The van der Waals surface area contributed by atoms with Crippen molar-refractivity contribution in [3.05, 3.63) is 389 Å². The summed E-state index contributed by atoms with van der Waals surface area (Å²) in [7, 11) is 0. The number of aromatic nitrogens is 8. The molecule has 29 rings (SSSR count). The fourth-order valence-corrected chi connectivity index (χ4v) is 19.9. The van der Waals surface area contributed by atoms with Crippen molar-refractivity contribution in [2.24, 2.45) is 0 Å². The number of pyridine rings is 1. The Kier molecular flexibility index (Phi) is 15.2. The molecule has 12 aromatic heterocycles. The van der Waals surface area contributed by atoms with E-state index in [1.165, 1.54) is 0 Å². The standard InChI is InChI=1S/C44H25N3O2.C40H23N3O2.C29H16N2O2/c1-3-13-26(14-4-1)40-32-25-28(23-24-33(32)45-44(46-40)27-15-5-2-6-16-27)47-34-20-10-7-17-29(34)37-38-30-18-8-11-21-35(30)48-42(38)39-31-19-9-12-22-36(31)49-43(39)41(37)47;1-3-13-24(14-4-1)29-23-33(42-40(41-29)25-15-5-2-6-16-25)43-30-20-10-7-17-26(30)34-35-27-18-8-11-21-31(27)44-38(35)36-28-19-9-12-22-32(28)45-39(36)37(34)43;1-4-12-21-18(9-1)24-25-19-10-2-5-13-22(19)32-28(25)26-20-11-3-6-14-23(20)33-29(26)27(24)31(21)17-8-7-15-30-16-17/h1-25H;1-23H;1-16H. The highest BCUT2D eigenvalue weighted by atomic mass is 16.4. The molecule has 0 fully saturated rings. The van der Waals surface area contributed by atoms with Gasteiger partial charge in [0.25, 0.3) is 0 Å². The third-order valence-corrected chi connectivity index (χ3v) is 25.2. The average Bonchev–Trinajstić information content (AvgIpc) is 1.53. The first kappa shape index (κ1) is 70.2. The molecule has 0 saturated heterocycles. The van der Waals surface area contributed by atoms with E-state index in [1.54, 1.807) is 6.20 Å². The number of hydrogen-bond donors (Lipinski definition) is 0. The van der Waals surface area contributed by atoms with Crippen LogP contribution in [0.15, 0.2) is 415 Å². The molecule has 0 aliphatic rings. The van der Waals surface area contributed by atoms with Crippen molar-refractivity contribution in [2.45, 2.75) is 0 Å². The molecule has 0 aliphatic carbocycles. The third-order valence-electron chi connectivity index (χ3n) is 25.2. The maximum atomic E-state index is 6.80. The lowest BCUT2D eigenvalue weighted by Crippen LogP contribution is -2.02. The lowest BCUT2D eigenvalue weighted by Gasteiger charge is -2.13. The second-order valence-electron chi connectivity index (χ2n) is 32.3. The molecule has 0 saturated carbocycles. The topological polar surface area (TPSA) is 158 Å². The normalized spacial score (nSPS) is 12.1. The Bertz CT molecular complexity index is 9550. The van der Waals surface area contributed by atoms with E-state index in [0.717, 1.165) is 259 Å². The van der Waals surface area contributed by atoms with E-state index in [1.807, 2.05) is 158 Å². The van der Waals surface area contributed by atoms with Crippen molar-refractivity contribution in [1.82, 2.24) is 38.6 Å². The number of nitrogens with zero attached hydrogens (tertiary/aromatic N) is 8. The van der Waals surface area contributed by atoms with Gasteiger partial charge in [-0.2, -0.15) is 0 Å². The highest BCUT2D eigenvalue weighted by Gasteiger charge is 2.32. The van der Waals surface area contributed by atoms with Crippen LogP contribution in [-0.4, -0.2) is 38.6 Å². The molecule has 127 heavy (non-hydrogen) atoms. The van der Waals surface area contributed by atoms with Gasteiger partial charge in [-0.1, -0.05) is 285 Å². The summed E-state index contributed by atoms with van der Waals surface area (Å²) in [6.07, 6.45) is 3.70. The molecule has 12 heterocycles. The van der Waals surface area contributed by atoms with E-state index >= 15 is 0 Å². The summed E-state index contributed by atoms with van der Waals surface area (Å²) in [5.41, 5.74) is 24.9. The molecule has 0 spiro atoms. The smallest absolute Gasteiger partial charge is 0.163 e. The molecule has 0 N–H and O–H groups in total. The van der Waals surface area contributed by atoms with Crippen LogP contribution in [0.1, 0.15) is 0 Å². The zero-order valence-electron chi connectivity index (χ0n) is 67.5. The maximum absolute atomic E-state index is 6.80. The summed E-state index contributed by atoms with van der Waals surface area (Å²) in [6, 6.07) is 129. The van der Waals surface area contributed by atoms with Crippen LogP contribution in [0.3, 0.4) is 0 Å². The van der Waals surface area contributed by atoms with Gasteiger partial charge in [0, 0.05) is 126 Å². The van der Waals surface area contributed by atoms with Crippen molar-refractivity contribution in [2.75, 3.05) is 0 Å². The van der Waals surface area contributed by atoms with Gasteiger partial charge in [0.1, 0.15) is 56.1 Å². The van der Waals surface area contributed by atoms with Gasteiger partial charge in [-0.3, -0.25) is 9.55 Å². The van der Waals surface area contributed by atoms with Crippen LogP contribution in [0.25, 0.3) is 270 Å². The first-order chi connectivity index (χ1) is 63.0. The minimum absolute atomic E-state index is 0.661. The molecule has 0 unspecified atom stereocenters. The molecule has 17 aromatic carbocycles. The zero-order chi connectivity index (χ0) is 83.1. The Labute approximate surface area is 719 Å². The average molecular weight is 1630 g/mol. The molecular formula is C113H64N8O6. The van der Waals surface area contributed by atoms with Gasteiger partial charge in [0.05, 0.1) is 78.0 Å². The number of fused-ring (bicyclic) bond motifs is 37. The Morgan fingerprint density at radius 3 is 0.969 bits per heavy atom. The largest absolute Gasteiger partial charge is 0.455 e. The molecule has 29 aromatic rings. The number of para-hydroxylation sites is 9. The van der Waals surface area contributed by atoms with E-state index < -0.39 is 0 Å². The van der Waals surface area contributed by atoms with E-state index in [2.05, 4.69) is 243 Å². The highest BCUT2D eigenvalue weighted by Crippen LogP contribution is 2.54. The van der Waals surface area contributed by atoms with Crippen molar-refractivity contribution in [3.63, 3.8) is 0 Å². The van der Waals surface area contributed by atoms with E-state index in [-0.39, 0.29) is 0 Å². The van der Waals surface area contributed by atoms with Gasteiger partial charge < -0.3 is 35.6 Å². The van der Waals surface area contributed by atoms with Gasteiger partial charge in [0.2, 0.25) is 0 Å². The molecule has 0 aliphatic heterocycles. The predicted molar refractivity (Wildman–Crippen MR) is 514 cm³/mol. The molecule has 14 heteroatoms. The van der Waals surface area contributed by atoms with E-state index in [9.17, 15) is 0 Å². The summed E-state index contributed by atoms with van der Waals surface area (Å²) < 4.78 is 46.9. The fraction of sp³-hybridized carbons (Fsp3) is 0. The number of hydrogen-bond acceptors (Lipinski definition) is 11. The molecular weight excluding hydrogens is 1570 g/mol. The lowest BCUT2D eigenvalue weighted by atomic mass is 10.0. The number of rotatable bonds is 7. The van der Waals surface area contributed by atoms with Crippen LogP contribution in [0.4, 0.5) is 0 Å². The molecule has 0 bridgehead atoms. The van der Waals surface area contributed by atoms with E-state index in [0.29, 0.717) is 11.6 Å². The number of benzene rings is 17. The van der Waals surface area contributed by atoms with Crippen LogP contribution in [0.2, 0.25) is 0 Å². The summed E-state index contributed by atoms with van der Waals surface area (Å²) in [6.45, 7) is 0. The van der Waals surface area contributed by atoms with Crippen LogP contribution in [-0.2, 0) is 0 Å². The quantitative estimate of drug-likeness (QED) is 0.149. The van der Waals surface area contributed by atoms with Gasteiger partial charge in [-0.05, 0) is 84.9 Å². The SMILES string of the molecule is c1ccc(-c2cc(-n3c4ccccc4c4c5c6ccccc6oc5c5c6ccccc6oc5c43)nc(-c3ccccc3)n2)cc1.c1ccc(-c2nc(-c3ccccc3)c3cc(-n4c5ccccc5c5c6c7ccccc7oc6c6c7ccccc7oc6c54)ccc3n2)cc1.c1cncc(-n2c3ccccc3c3c4c5ccccc5oc4c4c5ccccc5oc4c32)c1. The lowest BCUT2D eigenvalue weighted by molar-refractivity contribution is 0.663. The van der Waals surface area contributed by atoms with Crippen LogP contribution in [0.5, 0.6) is 0 Å². The summed E-state index contributed by atoms with van der Waals surface area (Å²) >= 11 is 0. The second-order valence-corrected chi connectivity index (χ2v) is 32.3. The van der Waals surface area contributed by atoms with Crippen LogP contribution in [0, 0.1) is 0 Å². The predicted octanol–water partition coefficient (Wildman–Crippen LogP) is 30.5. The first-order valence-electron chi connectivity index (χ1n) is 42.4. The molecule has 592 valence electrons.